The summed E-state index contributed by atoms with van der Waals surface area (Å²) in [5.41, 5.74) is 8.68. The fourth-order valence-electron chi connectivity index (χ4n) is 2.78. The van der Waals surface area contributed by atoms with Crippen molar-refractivity contribution in [2.45, 2.75) is 25.3 Å². The van der Waals surface area contributed by atoms with E-state index in [1.165, 1.54) is 18.2 Å². The highest BCUT2D eigenvalue weighted by Gasteiger charge is 2.25. The van der Waals surface area contributed by atoms with Crippen molar-refractivity contribution in [3.63, 3.8) is 0 Å². The van der Waals surface area contributed by atoms with Gasteiger partial charge in [0, 0.05) is 25.6 Å². The fraction of sp³-hybridized carbons (Fsp3) is 0.533. The lowest BCUT2D eigenvalue weighted by Crippen LogP contribution is -2.40. The summed E-state index contributed by atoms with van der Waals surface area (Å²) in [6, 6.07) is 8.78. The number of fused-ring (bicyclic) bond motifs is 1. The molecule has 0 bridgehead atoms. The van der Waals surface area contributed by atoms with Crippen molar-refractivity contribution >= 4 is 5.97 Å². The molecule has 2 rings (SSSR count). The minimum atomic E-state index is -0.137. The van der Waals surface area contributed by atoms with Gasteiger partial charge in [-0.3, -0.25) is 9.69 Å². The van der Waals surface area contributed by atoms with Crippen LogP contribution < -0.4 is 5.73 Å². The topological polar surface area (TPSA) is 55.6 Å². The van der Waals surface area contributed by atoms with E-state index in [1.54, 1.807) is 0 Å². The van der Waals surface area contributed by atoms with Crippen molar-refractivity contribution in [3.8, 4) is 0 Å². The Kier molecular flexibility index (Phi) is 4.93. The van der Waals surface area contributed by atoms with Gasteiger partial charge in [-0.1, -0.05) is 24.3 Å². The average molecular weight is 262 g/mol. The van der Waals surface area contributed by atoms with E-state index in [-0.39, 0.29) is 12.0 Å². The van der Waals surface area contributed by atoms with Crippen LogP contribution in [0.2, 0.25) is 0 Å². The van der Waals surface area contributed by atoms with Gasteiger partial charge in [0.2, 0.25) is 0 Å². The maximum Gasteiger partial charge on any atom is 0.305 e. The van der Waals surface area contributed by atoms with Crippen LogP contribution >= 0.6 is 0 Å². The molecule has 1 aliphatic rings. The van der Waals surface area contributed by atoms with Gasteiger partial charge in [0.1, 0.15) is 0 Å². The molecule has 104 valence electrons. The largest absolute Gasteiger partial charge is 0.469 e. The third-order valence-electron chi connectivity index (χ3n) is 3.80. The highest BCUT2D eigenvalue weighted by atomic mass is 16.5. The quantitative estimate of drug-likeness (QED) is 0.817. The summed E-state index contributed by atoms with van der Waals surface area (Å²) in [4.78, 5) is 13.5. The predicted octanol–water partition coefficient (Wildman–Crippen LogP) is 1.50. The van der Waals surface area contributed by atoms with Gasteiger partial charge in [0.15, 0.2) is 0 Å². The van der Waals surface area contributed by atoms with E-state index in [2.05, 4.69) is 33.9 Å². The SMILES string of the molecule is COC(=O)CCCN1CCc2ccccc2C1CN. The highest BCUT2D eigenvalue weighted by molar-refractivity contribution is 5.69. The highest BCUT2D eigenvalue weighted by Crippen LogP contribution is 2.28. The van der Waals surface area contributed by atoms with Crippen molar-refractivity contribution in [1.29, 1.82) is 0 Å². The van der Waals surface area contributed by atoms with Gasteiger partial charge in [-0.15, -0.1) is 0 Å². The van der Waals surface area contributed by atoms with Gasteiger partial charge in [0.05, 0.1) is 7.11 Å². The fourth-order valence-corrected chi connectivity index (χ4v) is 2.78. The molecule has 1 aromatic rings. The summed E-state index contributed by atoms with van der Waals surface area (Å²) < 4.78 is 4.67. The molecular weight excluding hydrogens is 240 g/mol. The lowest BCUT2D eigenvalue weighted by atomic mass is 9.92. The van der Waals surface area contributed by atoms with Gasteiger partial charge >= 0.3 is 5.97 Å². The summed E-state index contributed by atoms with van der Waals surface area (Å²) in [7, 11) is 1.43. The number of rotatable bonds is 5. The van der Waals surface area contributed by atoms with E-state index in [0.717, 1.165) is 25.9 Å². The second-order valence-corrected chi connectivity index (χ2v) is 4.92. The number of carbonyl (C=O) groups is 1. The molecule has 4 nitrogen and oxygen atoms in total. The Balaban J connectivity index is 1.97. The minimum Gasteiger partial charge on any atom is -0.469 e. The molecule has 4 heteroatoms. The number of hydrogen-bond acceptors (Lipinski definition) is 4. The van der Waals surface area contributed by atoms with Crippen LogP contribution in [0.3, 0.4) is 0 Å². The summed E-state index contributed by atoms with van der Waals surface area (Å²) >= 11 is 0. The first kappa shape index (κ1) is 14.0. The zero-order valence-electron chi connectivity index (χ0n) is 11.5. The maximum atomic E-state index is 11.1. The van der Waals surface area contributed by atoms with E-state index in [1.807, 2.05) is 0 Å². The number of hydrogen-bond donors (Lipinski definition) is 1. The Morgan fingerprint density at radius 1 is 1.47 bits per heavy atom. The normalized spacial score (nSPS) is 18.9. The molecule has 0 amide bonds. The second kappa shape index (κ2) is 6.68. The van der Waals surface area contributed by atoms with Crippen molar-refractivity contribution < 1.29 is 9.53 Å². The van der Waals surface area contributed by atoms with E-state index < -0.39 is 0 Å². The molecule has 1 unspecified atom stereocenters. The van der Waals surface area contributed by atoms with Gasteiger partial charge in [0.25, 0.3) is 0 Å². The standard InChI is InChI=1S/C15H22N2O2/c1-19-15(18)7-4-9-17-10-8-12-5-2-3-6-13(12)14(17)11-16/h2-3,5-6,14H,4,7-11,16H2,1H3. The van der Waals surface area contributed by atoms with Crippen LogP contribution in [0.5, 0.6) is 0 Å². The smallest absolute Gasteiger partial charge is 0.305 e. The number of ether oxygens (including phenoxy) is 1. The lowest BCUT2D eigenvalue weighted by Gasteiger charge is -2.36. The van der Waals surface area contributed by atoms with Gasteiger partial charge < -0.3 is 10.5 Å². The number of esters is 1. The molecular formula is C15H22N2O2. The van der Waals surface area contributed by atoms with Crippen LogP contribution in [0.15, 0.2) is 24.3 Å². The van der Waals surface area contributed by atoms with Crippen LogP contribution in [0, 0.1) is 0 Å². The van der Waals surface area contributed by atoms with Crippen LogP contribution in [0.4, 0.5) is 0 Å². The molecule has 0 radical (unpaired) electrons. The predicted molar refractivity (Wildman–Crippen MR) is 74.8 cm³/mol. The number of benzene rings is 1. The Bertz CT molecular complexity index is 434. The molecule has 0 saturated heterocycles. The zero-order valence-corrected chi connectivity index (χ0v) is 11.5. The van der Waals surface area contributed by atoms with Crippen LogP contribution in [0.25, 0.3) is 0 Å². The minimum absolute atomic E-state index is 0.137. The first-order valence-electron chi connectivity index (χ1n) is 6.85. The van der Waals surface area contributed by atoms with E-state index in [9.17, 15) is 4.79 Å². The molecule has 0 spiro atoms. The Hall–Kier alpha value is -1.39. The lowest BCUT2D eigenvalue weighted by molar-refractivity contribution is -0.140. The maximum absolute atomic E-state index is 11.1. The number of nitrogens with two attached hydrogens (primary N) is 1. The third-order valence-corrected chi connectivity index (χ3v) is 3.80. The Labute approximate surface area is 114 Å². The molecule has 0 saturated carbocycles. The number of methoxy groups -OCH3 is 1. The molecule has 1 aliphatic heterocycles. The van der Waals surface area contributed by atoms with Crippen LogP contribution in [-0.2, 0) is 16.0 Å². The van der Waals surface area contributed by atoms with Crippen molar-refractivity contribution in [3.05, 3.63) is 35.4 Å². The molecule has 2 N–H and O–H groups in total. The Morgan fingerprint density at radius 3 is 3.00 bits per heavy atom. The number of nitrogens with zero attached hydrogens (tertiary/aromatic N) is 1. The van der Waals surface area contributed by atoms with Crippen molar-refractivity contribution in [1.82, 2.24) is 4.90 Å². The summed E-state index contributed by atoms with van der Waals surface area (Å²) in [6.07, 6.45) is 2.36. The van der Waals surface area contributed by atoms with Gasteiger partial charge in [-0.25, -0.2) is 0 Å². The molecule has 1 aromatic carbocycles. The zero-order chi connectivity index (χ0) is 13.7. The second-order valence-electron chi connectivity index (χ2n) is 4.92. The number of carbonyl (C=O) groups excluding carboxylic acids is 1. The summed E-state index contributed by atoms with van der Waals surface area (Å²) in [6.45, 7) is 2.53. The molecule has 1 heterocycles. The van der Waals surface area contributed by atoms with Gasteiger partial charge in [-0.2, -0.15) is 0 Å². The molecule has 0 aromatic heterocycles. The van der Waals surface area contributed by atoms with Crippen LogP contribution in [0.1, 0.15) is 30.0 Å². The first-order chi connectivity index (χ1) is 9.26. The monoisotopic (exact) mass is 262 g/mol. The van der Waals surface area contributed by atoms with Gasteiger partial charge in [-0.05, 0) is 30.5 Å². The molecule has 0 aliphatic carbocycles. The Morgan fingerprint density at radius 2 is 2.26 bits per heavy atom. The van der Waals surface area contributed by atoms with Crippen LogP contribution in [-0.4, -0.2) is 37.6 Å². The van der Waals surface area contributed by atoms with E-state index in [4.69, 9.17) is 5.73 Å². The molecule has 0 fully saturated rings. The van der Waals surface area contributed by atoms with Crippen molar-refractivity contribution in [2.75, 3.05) is 26.7 Å². The molecule has 1 atom stereocenters. The van der Waals surface area contributed by atoms with E-state index >= 15 is 0 Å². The van der Waals surface area contributed by atoms with E-state index in [0.29, 0.717) is 13.0 Å². The molecule has 19 heavy (non-hydrogen) atoms. The summed E-state index contributed by atoms with van der Waals surface area (Å²) in [5.74, 6) is -0.137. The first-order valence-corrected chi connectivity index (χ1v) is 6.85. The van der Waals surface area contributed by atoms with Crippen molar-refractivity contribution in [2.24, 2.45) is 5.73 Å². The third kappa shape index (κ3) is 3.33. The average Bonchev–Trinajstić information content (AvgIpc) is 2.46. The summed E-state index contributed by atoms with van der Waals surface area (Å²) in [5, 5.41) is 0.